The van der Waals surface area contributed by atoms with Gasteiger partial charge in [-0.3, -0.25) is 9.59 Å². The van der Waals surface area contributed by atoms with Crippen molar-refractivity contribution in [1.82, 2.24) is 0 Å². The number of aryl methyl sites for hydroxylation is 1. The molecule has 6 heteroatoms. The maximum absolute atomic E-state index is 12.2. The Morgan fingerprint density at radius 1 is 0.964 bits per heavy atom. The number of hydrogen-bond donors (Lipinski definition) is 1. The molecule has 2 aromatic carbocycles. The quantitative estimate of drug-likeness (QED) is 0.626. The van der Waals surface area contributed by atoms with E-state index in [9.17, 15) is 9.59 Å². The van der Waals surface area contributed by atoms with E-state index in [-0.39, 0.29) is 12.3 Å². The molecule has 28 heavy (non-hydrogen) atoms. The summed E-state index contributed by atoms with van der Waals surface area (Å²) in [6.45, 7) is 6.50. The minimum absolute atomic E-state index is 0.171. The Morgan fingerprint density at radius 2 is 1.64 bits per heavy atom. The van der Waals surface area contributed by atoms with Crippen LogP contribution in [0.4, 0.5) is 5.69 Å². The van der Waals surface area contributed by atoms with Gasteiger partial charge in [-0.25, -0.2) is 0 Å². The second-order valence-corrected chi connectivity index (χ2v) is 6.12. The summed E-state index contributed by atoms with van der Waals surface area (Å²) in [6.07, 6.45) is -0.228. The van der Waals surface area contributed by atoms with Crippen LogP contribution in [0, 0.1) is 0 Å². The zero-order chi connectivity index (χ0) is 20.4. The van der Waals surface area contributed by atoms with Crippen molar-refractivity contribution in [2.45, 2.75) is 39.7 Å². The zero-order valence-corrected chi connectivity index (χ0v) is 16.6. The van der Waals surface area contributed by atoms with Crippen LogP contribution in [0.1, 0.15) is 32.8 Å². The fraction of sp³-hybridized carbons (Fsp3) is 0.364. The number of carbonyl (C=O) groups is 2. The van der Waals surface area contributed by atoms with Crippen molar-refractivity contribution >= 4 is 17.6 Å². The molecule has 6 nitrogen and oxygen atoms in total. The van der Waals surface area contributed by atoms with Gasteiger partial charge in [0.2, 0.25) is 0 Å². The first-order chi connectivity index (χ1) is 13.5. The fourth-order valence-corrected chi connectivity index (χ4v) is 2.60. The molecule has 0 radical (unpaired) electrons. The molecule has 0 unspecified atom stereocenters. The van der Waals surface area contributed by atoms with Gasteiger partial charge >= 0.3 is 5.97 Å². The largest absolute Gasteiger partial charge is 0.494 e. The molecule has 1 amide bonds. The smallest absolute Gasteiger partial charge is 0.306 e. The Hall–Kier alpha value is -3.02. The number of carbonyl (C=O) groups excluding carboxylic acids is 2. The fourth-order valence-electron chi connectivity index (χ4n) is 2.60. The number of para-hydroxylation sites is 1. The lowest BCUT2D eigenvalue weighted by atomic mass is 10.1. The predicted molar refractivity (Wildman–Crippen MR) is 108 cm³/mol. The maximum Gasteiger partial charge on any atom is 0.306 e. The summed E-state index contributed by atoms with van der Waals surface area (Å²) in [4.78, 5) is 24.3. The Balaban J connectivity index is 1.82. The number of nitrogens with one attached hydrogen (secondary N) is 1. The highest BCUT2D eigenvalue weighted by molar-refractivity contribution is 5.95. The van der Waals surface area contributed by atoms with Crippen molar-refractivity contribution in [3.05, 3.63) is 54.1 Å². The van der Waals surface area contributed by atoms with E-state index >= 15 is 0 Å². The van der Waals surface area contributed by atoms with E-state index < -0.39 is 12.1 Å². The summed E-state index contributed by atoms with van der Waals surface area (Å²) in [7, 11) is 0. The van der Waals surface area contributed by atoms with Crippen LogP contribution < -0.4 is 14.8 Å². The molecule has 1 atom stereocenters. The second kappa shape index (κ2) is 11.0. The molecule has 0 aliphatic rings. The van der Waals surface area contributed by atoms with Crippen LogP contribution in [0.2, 0.25) is 0 Å². The Morgan fingerprint density at radius 3 is 2.32 bits per heavy atom. The number of anilines is 1. The Bertz CT molecular complexity index is 773. The second-order valence-electron chi connectivity index (χ2n) is 6.12. The van der Waals surface area contributed by atoms with Crippen LogP contribution in [0.25, 0.3) is 0 Å². The third-order valence-corrected chi connectivity index (χ3v) is 3.98. The molecule has 2 aromatic rings. The third-order valence-electron chi connectivity index (χ3n) is 3.98. The van der Waals surface area contributed by atoms with Crippen LogP contribution in [-0.4, -0.2) is 31.2 Å². The lowest BCUT2D eigenvalue weighted by Gasteiger charge is -2.14. The SMILES string of the molecule is CCOc1ccc(NC(=O)[C@@H](C)OC(=O)CCc2ccccc2OCC)cc1. The zero-order valence-electron chi connectivity index (χ0n) is 16.6. The van der Waals surface area contributed by atoms with E-state index in [0.717, 1.165) is 17.1 Å². The van der Waals surface area contributed by atoms with Gasteiger partial charge in [-0.05, 0) is 63.1 Å². The highest BCUT2D eigenvalue weighted by Crippen LogP contribution is 2.20. The standard InChI is InChI=1S/C22H27NO5/c1-4-26-19-13-11-18(12-14-19)23-22(25)16(3)28-21(24)15-10-17-8-6-7-9-20(17)27-5-2/h6-9,11-14,16H,4-5,10,15H2,1-3H3,(H,23,25)/t16-/m1/s1. The monoisotopic (exact) mass is 385 g/mol. The van der Waals surface area contributed by atoms with Crippen molar-refractivity contribution in [1.29, 1.82) is 0 Å². The van der Waals surface area contributed by atoms with Gasteiger partial charge < -0.3 is 19.5 Å². The summed E-state index contributed by atoms with van der Waals surface area (Å²) < 4.78 is 16.2. The molecule has 0 heterocycles. The maximum atomic E-state index is 12.2. The first-order valence-electron chi connectivity index (χ1n) is 9.47. The van der Waals surface area contributed by atoms with E-state index in [0.29, 0.717) is 25.3 Å². The summed E-state index contributed by atoms with van der Waals surface area (Å²) in [5.74, 6) is 0.680. The van der Waals surface area contributed by atoms with Crippen LogP contribution in [-0.2, 0) is 20.7 Å². The van der Waals surface area contributed by atoms with Gasteiger partial charge in [0, 0.05) is 12.1 Å². The predicted octanol–water partition coefficient (Wildman–Crippen LogP) is 3.99. The summed E-state index contributed by atoms with van der Waals surface area (Å²) in [6, 6.07) is 14.6. The van der Waals surface area contributed by atoms with Gasteiger partial charge in [-0.1, -0.05) is 18.2 Å². The Labute approximate surface area is 165 Å². The van der Waals surface area contributed by atoms with Crippen LogP contribution >= 0.6 is 0 Å². The van der Waals surface area contributed by atoms with Crippen LogP contribution in [0.3, 0.4) is 0 Å². The molecule has 0 spiro atoms. The van der Waals surface area contributed by atoms with E-state index in [1.165, 1.54) is 0 Å². The van der Waals surface area contributed by atoms with Crippen molar-refractivity contribution in [3.63, 3.8) is 0 Å². The highest BCUT2D eigenvalue weighted by Gasteiger charge is 2.18. The minimum Gasteiger partial charge on any atom is -0.494 e. The highest BCUT2D eigenvalue weighted by atomic mass is 16.5. The number of benzene rings is 2. The Kier molecular flexibility index (Phi) is 8.34. The molecule has 0 bridgehead atoms. The van der Waals surface area contributed by atoms with E-state index in [4.69, 9.17) is 14.2 Å². The topological polar surface area (TPSA) is 73.9 Å². The molecular weight excluding hydrogens is 358 g/mol. The lowest BCUT2D eigenvalue weighted by Crippen LogP contribution is -2.30. The first kappa shape index (κ1) is 21.3. The van der Waals surface area contributed by atoms with E-state index in [2.05, 4.69) is 5.32 Å². The normalized spacial score (nSPS) is 11.4. The molecule has 0 aliphatic heterocycles. The molecule has 0 saturated heterocycles. The molecule has 0 aromatic heterocycles. The van der Waals surface area contributed by atoms with Crippen molar-refractivity contribution in [3.8, 4) is 11.5 Å². The summed E-state index contributed by atoms with van der Waals surface area (Å²) in [5.41, 5.74) is 1.55. The van der Waals surface area contributed by atoms with Gasteiger partial charge in [0.15, 0.2) is 6.10 Å². The van der Waals surface area contributed by atoms with E-state index in [1.54, 1.807) is 31.2 Å². The number of amides is 1. The number of rotatable bonds is 10. The van der Waals surface area contributed by atoms with E-state index in [1.807, 2.05) is 38.1 Å². The first-order valence-corrected chi connectivity index (χ1v) is 9.47. The summed E-state index contributed by atoms with van der Waals surface area (Å²) in [5, 5.41) is 2.72. The van der Waals surface area contributed by atoms with Crippen molar-refractivity contribution in [2.24, 2.45) is 0 Å². The van der Waals surface area contributed by atoms with Crippen molar-refractivity contribution in [2.75, 3.05) is 18.5 Å². The van der Waals surface area contributed by atoms with Crippen LogP contribution in [0.5, 0.6) is 11.5 Å². The molecule has 1 N–H and O–H groups in total. The molecule has 0 saturated carbocycles. The van der Waals surface area contributed by atoms with Crippen LogP contribution in [0.15, 0.2) is 48.5 Å². The average molecular weight is 385 g/mol. The molecule has 0 fully saturated rings. The van der Waals surface area contributed by atoms with Gasteiger partial charge in [-0.15, -0.1) is 0 Å². The van der Waals surface area contributed by atoms with Gasteiger partial charge in [-0.2, -0.15) is 0 Å². The third kappa shape index (κ3) is 6.61. The van der Waals surface area contributed by atoms with Gasteiger partial charge in [0.05, 0.1) is 13.2 Å². The summed E-state index contributed by atoms with van der Waals surface area (Å²) >= 11 is 0. The minimum atomic E-state index is -0.888. The molecule has 150 valence electrons. The molecule has 2 rings (SSSR count). The average Bonchev–Trinajstić information content (AvgIpc) is 2.69. The number of ether oxygens (including phenoxy) is 3. The number of hydrogen-bond acceptors (Lipinski definition) is 5. The molecule has 0 aliphatic carbocycles. The molecular formula is C22H27NO5. The van der Waals surface area contributed by atoms with Gasteiger partial charge in [0.1, 0.15) is 11.5 Å². The number of esters is 1. The lowest BCUT2D eigenvalue weighted by molar-refractivity contribution is -0.153. The van der Waals surface area contributed by atoms with Crippen molar-refractivity contribution < 1.29 is 23.8 Å². The van der Waals surface area contributed by atoms with Gasteiger partial charge in [0.25, 0.3) is 5.91 Å².